The molecule has 0 saturated carbocycles. The Labute approximate surface area is 225 Å². The summed E-state index contributed by atoms with van der Waals surface area (Å²) in [5.74, 6) is -0.346. The average molecular weight is 521 g/mol. The van der Waals surface area contributed by atoms with Crippen LogP contribution in [-0.2, 0) is 6.42 Å². The van der Waals surface area contributed by atoms with Crippen LogP contribution in [0.4, 0.5) is 21.0 Å². The van der Waals surface area contributed by atoms with Gasteiger partial charge < -0.3 is 21.1 Å². The number of carboxylic acid groups (broad SMARTS) is 1. The highest BCUT2D eigenvalue weighted by molar-refractivity contribution is 6.10. The van der Waals surface area contributed by atoms with Crippen LogP contribution in [0.5, 0.6) is 0 Å². The molecule has 0 aliphatic heterocycles. The van der Waals surface area contributed by atoms with Crippen LogP contribution < -0.4 is 16.0 Å². The van der Waals surface area contributed by atoms with Gasteiger partial charge in [-0.15, -0.1) is 0 Å². The SMILES string of the molecule is Cc1ccccc1NC(=O)Nc1cc2ccccc2cc1C(=O)N[C@H](C)Cc1cn(C(=O)O)c2ccccc12. The van der Waals surface area contributed by atoms with Crippen molar-refractivity contribution in [3.63, 3.8) is 0 Å². The highest BCUT2D eigenvalue weighted by atomic mass is 16.4. The van der Waals surface area contributed by atoms with Gasteiger partial charge in [-0.05, 0) is 66.4 Å². The first-order chi connectivity index (χ1) is 18.8. The number of aromatic nitrogens is 1. The number of nitrogens with one attached hydrogen (secondary N) is 3. The van der Waals surface area contributed by atoms with Crippen molar-refractivity contribution < 1.29 is 19.5 Å². The zero-order chi connectivity index (χ0) is 27.5. The van der Waals surface area contributed by atoms with Crippen LogP contribution in [0.1, 0.15) is 28.4 Å². The molecule has 5 rings (SSSR count). The Morgan fingerprint density at radius 3 is 2.23 bits per heavy atom. The lowest BCUT2D eigenvalue weighted by Gasteiger charge is -2.17. The minimum absolute atomic E-state index is 0.314. The second-order valence-electron chi connectivity index (χ2n) is 9.54. The van der Waals surface area contributed by atoms with E-state index in [1.807, 2.05) is 74.5 Å². The van der Waals surface area contributed by atoms with E-state index in [0.29, 0.717) is 28.9 Å². The van der Waals surface area contributed by atoms with Crippen molar-refractivity contribution in [2.45, 2.75) is 26.3 Å². The van der Waals surface area contributed by atoms with Gasteiger partial charge in [0.25, 0.3) is 5.91 Å². The maximum absolute atomic E-state index is 13.5. The van der Waals surface area contributed by atoms with Gasteiger partial charge in [0.15, 0.2) is 0 Å². The van der Waals surface area contributed by atoms with E-state index in [1.165, 1.54) is 4.57 Å². The lowest BCUT2D eigenvalue weighted by Crippen LogP contribution is -2.35. The molecule has 5 aromatic rings. The lowest BCUT2D eigenvalue weighted by atomic mass is 10.0. The molecule has 8 heteroatoms. The number of rotatable bonds is 6. The largest absolute Gasteiger partial charge is 0.464 e. The number of hydrogen-bond acceptors (Lipinski definition) is 3. The van der Waals surface area contributed by atoms with E-state index in [1.54, 1.807) is 30.5 Å². The standard InChI is InChI=1S/C31H28N4O4/c1-19-9-3-7-13-26(19)33-30(37)34-27-17-22-11-5-4-10-21(22)16-25(27)29(36)32-20(2)15-23-18-35(31(38)39)28-14-8-6-12-24(23)28/h3-14,16-18,20H,15H2,1-2H3,(H,32,36)(H,38,39)(H2,33,34,37)/t20-/m1/s1. The van der Waals surface area contributed by atoms with Gasteiger partial charge in [0.05, 0.1) is 16.8 Å². The van der Waals surface area contributed by atoms with Crippen LogP contribution in [-0.4, -0.2) is 33.7 Å². The molecular formula is C31H28N4O4. The zero-order valence-corrected chi connectivity index (χ0v) is 21.6. The van der Waals surface area contributed by atoms with Crippen molar-refractivity contribution in [1.29, 1.82) is 0 Å². The Kier molecular flexibility index (Phi) is 7.01. The molecular weight excluding hydrogens is 492 g/mol. The molecule has 0 unspecified atom stereocenters. The molecule has 3 amide bonds. The Bertz CT molecular complexity index is 1720. The Hall–Kier alpha value is -5.11. The summed E-state index contributed by atoms with van der Waals surface area (Å²) < 4.78 is 1.19. The first-order valence-electron chi connectivity index (χ1n) is 12.6. The van der Waals surface area contributed by atoms with Gasteiger partial charge in [0.2, 0.25) is 0 Å². The van der Waals surface area contributed by atoms with E-state index in [2.05, 4.69) is 16.0 Å². The van der Waals surface area contributed by atoms with Crippen molar-refractivity contribution in [1.82, 2.24) is 9.88 Å². The first kappa shape index (κ1) is 25.5. The van der Waals surface area contributed by atoms with Crippen molar-refractivity contribution in [2.75, 3.05) is 10.6 Å². The van der Waals surface area contributed by atoms with Crippen LogP contribution in [0.2, 0.25) is 0 Å². The molecule has 0 aliphatic carbocycles. The van der Waals surface area contributed by atoms with E-state index < -0.39 is 12.1 Å². The van der Waals surface area contributed by atoms with Crippen LogP contribution in [0.25, 0.3) is 21.7 Å². The van der Waals surface area contributed by atoms with E-state index >= 15 is 0 Å². The minimum Gasteiger partial charge on any atom is -0.464 e. The molecule has 0 fully saturated rings. The fourth-order valence-electron chi connectivity index (χ4n) is 4.77. The smallest absolute Gasteiger partial charge is 0.416 e. The van der Waals surface area contributed by atoms with Gasteiger partial charge in [0, 0.05) is 23.3 Å². The van der Waals surface area contributed by atoms with E-state index in [0.717, 1.165) is 27.3 Å². The minimum atomic E-state index is -1.06. The summed E-state index contributed by atoms with van der Waals surface area (Å²) >= 11 is 0. The summed E-state index contributed by atoms with van der Waals surface area (Å²) in [6, 6.07) is 25.1. The Morgan fingerprint density at radius 1 is 0.846 bits per heavy atom. The molecule has 0 spiro atoms. The van der Waals surface area contributed by atoms with E-state index in [-0.39, 0.29) is 11.9 Å². The molecule has 0 radical (unpaired) electrons. The van der Waals surface area contributed by atoms with Gasteiger partial charge >= 0.3 is 12.1 Å². The summed E-state index contributed by atoms with van der Waals surface area (Å²) in [7, 11) is 0. The fraction of sp³-hybridized carbons (Fsp3) is 0.129. The normalized spacial score (nSPS) is 11.7. The topological polar surface area (TPSA) is 112 Å². The van der Waals surface area contributed by atoms with Crippen LogP contribution in [0.3, 0.4) is 0 Å². The fourth-order valence-corrected chi connectivity index (χ4v) is 4.77. The quantitative estimate of drug-likeness (QED) is 0.201. The van der Waals surface area contributed by atoms with Crippen molar-refractivity contribution >= 4 is 51.1 Å². The first-order valence-corrected chi connectivity index (χ1v) is 12.6. The number of hydrogen-bond donors (Lipinski definition) is 4. The number of para-hydroxylation sites is 2. The third-order valence-corrected chi connectivity index (χ3v) is 6.68. The highest BCUT2D eigenvalue weighted by Gasteiger charge is 2.19. The average Bonchev–Trinajstić information content (AvgIpc) is 3.28. The van der Waals surface area contributed by atoms with Gasteiger partial charge in [-0.1, -0.05) is 60.7 Å². The molecule has 0 saturated heterocycles. The molecule has 4 N–H and O–H groups in total. The number of amides is 3. The third-order valence-electron chi connectivity index (χ3n) is 6.68. The summed E-state index contributed by atoms with van der Waals surface area (Å²) in [5.41, 5.74) is 3.72. The molecule has 196 valence electrons. The van der Waals surface area contributed by atoms with Crippen molar-refractivity contribution in [3.05, 3.63) is 108 Å². The number of benzene rings is 4. The number of aryl methyl sites for hydroxylation is 1. The highest BCUT2D eigenvalue weighted by Crippen LogP contribution is 2.26. The summed E-state index contributed by atoms with van der Waals surface area (Å²) in [6.45, 7) is 3.77. The van der Waals surface area contributed by atoms with E-state index in [9.17, 15) is 19.5 Å². The monoisotopic (exact) mass is 520 g/mol. The molecule has 1 aromatic heterocycles. The molecule has 8 nitrogen and oxygen atoms in total. The van der Waals surface area contributed by atoms with Crippen LogP contribution >= 0.6 is 0 Å². The summed E-state index contributed by atoms with van der Waals surface area (Å²) in [4.78, 5) is 38.1. The number of carbonyl (C=O) groups is 3. The van der Waals surface area contributed by atoms with E-state index in [4.69, 9.17) is 0 Å². The second kappa shape index (κ2) is 10.7. The molecule has 0 aliphatic rings. The van der Waals surface area contributed by atoms with Gasteiger partial charge in [-0.2, -0.15) is 0 Å². The van der Waals surface area contributed by atoms with Crippen molar-refractivity contribution in [3.8, 4) is 0 Å². The van der Waals surface area contributed by atoms with Crippen LogP contribution in [0, 0.1) is 6.92 Å². The summed E-state index contributed by atoms with van der Waals surface area (Å²) in [5, 5.41) is 20.8. The Morgan fingerprint density at radius 2 is 1.49 bits per heavy atom. The number of nitrogens with zero attached hydrogens (tertiary/aromatic N) is 1. The zero-order valence-electron chi connectivity index (χ0n) is 21.6. The molecule has 0 bridgehead atoms. The molecule has 39 heavy (non-hydrogen) atoms. The number of carbonyl (C=O) groups excluding carboxylic acids is 2. The van der Waals surface area contributed by atoms with Crippen LogP contribution in [0.15, 0.2) is 91.1 Å². The molecule has 1 heterocycles. The number of fused-ring (bicyclic) bond motifs is 2. The van der Waals surface area contributed by atoms with Gasteiger partial charge in [0.1, 0.15) is 0 Å². The lowest BCUT2D eigenvalue weighted by molar-refractivity contribution is 0.0941. The second-order valence-corrected chi connectivity index (χ2v) is 9.54. The maximum atomic E-state index is 13.5. The van der Waals surface area contributed by atoms with Gasteiger partial charge in [-0.3, -0.25) is 9.36 Å². The molecule has 4 aromatic carbocycles. The Balaban J connectivity index is 1.39. The van der Waals surface area contributed by atoms with Gasteiger partial charge in [-0.25, -0.2) is 9.59 Å². The number of urea groups is 1. The predicted molar refractivity (Wildman–Crippen MR) is 154 cm³/mol. The number of anilines is 2. The molecule has 1 atom stereocenters. The predicted octanol–water partition coefficient (Wildman–Crippen LogP) is 6.63. The summed E-state index contributed by atoms with van der Waals surface area (Å²) in [6.07, 6.45) is 0.954. The maximum Gasteiger partial charge on any atom is 0.416 e. The van der Waals surface area contributed by atoms with Crippen molar-refractivity contribution in [2.24, 2.45) is 0 Å². The third kappa shape index (κ3) is 5.45.